The maximum atomic E-state index is 13.3. The highest BCUT2D eigenvalue weighted by Gasteiger charge is 2.22. The van der Waals surface area contributed by atoms with Crippen molar-refractivity contribution in [3.63, 3.8) is 0 Å². The molecule has 0 unspecified atom stereocenters. The molecule has 2 aromatic rings. The van der Waals surface area contributed by atoms with Crippen LogP contribution < -0.4 is 5.48 Å². The fourth-order valence-corrected chi connectivity index (χ4v) is 2.08. The molecule has 1 aliphatic carbocycles. The van der Waals surface area contributed by atoms with E-state index in [1.165, 1.54) is 12.1 Å². The van der Waals surface area contributed by atoms with Gasteiger partial charge in [-0.2, -0.15) is 5.10 Å². The molecule has 3 rings (SSSR count). The van der Waals surface area contributed by atoms with E-state index >= 15 is 0 Å². The number of hydrogen-bond donors (Lipinski definition) is 1. The third kappa shape index (κ3) is 2.19. The molecular weight excluding hydrogens is 249 g/mol. The van der Waals surface area contributed by atoms with Crippen molar-refractivity contribution in [2.24, 2.45) is 7.05 Å². The fraction of sp³-hybridized carbons (Fsp3) is 0.385. The number of aryl methyl sites for hydroxylation is 1. The Morgan fingerprint density at radius 1 is 1.53 bits per heavy atom. The molecule has 1 aromatic heterocycles. The van der Waals surface area contributed by atoms with E-state index in [0.717, 1.165) is 19.3 Å². The van der Waals surface area contributed by atoms with Crippen LogP contribution in [-0.2, 0) is 11.9 Å². The van der Waals surface area contributed by atoms with Crippen LogP contribution in [0.5, 0.6) is 0 Å². The van der Waals surface area contributed by atoms with E-state index < -0.39 is 11.7 Å². The van der Waals surface area contributed by atoms with Crippen LogP contribution >= 0.6 is 0 Å². The summed E-state index contributed by atoms with van der Waals surface area (Å²) in [5, 5.41) is 4.59. The van der Waals surface area contributed by atoms with Crippen LogP contribution in [-0.4, -0.2) is 21.8 Å². The second-order valence-electron chi connectivity index (χ2n) is 4.74. The first kappa shape index (κ1) is 12.1. The first-order valence-corrected chi connectivity index (χ1v) is 6.23. The molecule has 0 bridgehead atoms. The number of benzene rings is 1. The molecule has 1 amide bonds. The fourth-order valence-electron chi connectivity index (χ4n) is 2.08. The minimum atomic E-state index is -0.442. The third-order valence-electron chi connectivity index (χ3n) is 3.40. The van der Waals surface area contributed by atoms with Gasteiger partial charge in [0.2, 0.25) is 0 Å². The molecule has 0 radical (unpaired) electrons. The summed E-state index contributed by atoms with van der Waals surface area (Å²) >= 11 is 0. The number of rotatable bonds is 3. The Kier molecular flexibility index (Phi) is 2.94. The highest BCUT2D eigenvalue weighted by Crippen LogP contribution is 2.22. The zero-order chi connectivity index (χ0) is 13.4. The third-order valence-corrected chi connectivity index (χ3v) is 3.40. The average Bonchev–Trinajstić information content (AvgIpc) is 2.64. The smallest absolute Gasteiger partial charge is 0.270 e. The largest absolute Gasteiger partial charge is 0.295 e. The lowest BCUT2D eigenvalue weighted by Crippen LogP contribution is -2.33. The maximum absolute atomic E-state index is 13.3. The number of carbonyl (C=O) groups excluding carboxylic acids is 1. The Bertz CT molecular complexity index is 634. The molecular formula is C13H14FN3O2. The Morgan fingerprint density at radius 3 is 3.00 bits per heavy atom. The number of aromatic nitrogens is 2. The van der Waals surface area contributed by atoms with Crippen LogP contribution in [0.25, 0.3) is 10.9 Å². The van der Waals surface area contributed by atoms with Crippen molar-refractivity contribution in [2.45, 2.75) is 25.4 Å². The summed E-state index contributed by atoms with van der Waals surface area (Å²) in [5.41, 5.74) is 3.27. The highest BCUT2D eigenvalue weighted by atomic mass is 19.1. The van der Waals surface area contributed by atoms with Gasteiger partial charge in [0.25, 0.3) is 5.91 Å². The number of nitrogens with one attached hydrogen (secondary N) is 1. The number of halogens is 1. The summed E-state index contributed by atoms with van der Waals surface area (Å²) in [5.74, 6) is -0.836. The van der Waals surface area contributed by atoms with Gasteiger partial charge in [0.05, 0.1) is 11.6 Å². The number of hydrogen-bond acceptors (Lipinski definition) is 3. The molecule has 6 heteroatoms. The van der Waals surface area contributed by atoms with Crippen LogP contribution in [0.15, 0.2) is 18.2 Å². The SMILES string of the molecule is Cn1nc(C(=O)NOC2CCC2)c2cc(F)ccc21. The molecule has 5 nitrogen and oxygen atoms in total. The van der Waals surface area contributed by atoms with Gasteiger partial charge in [-0.1, -0.05) is 0 Å². The molecule has 0 atom stereocenters. The predicted molar refractivity (Wildman–Crippen MR) is 66.9 cm³/mol. The van der Waals surface area contributed by atoms with E-state index in [1.54, 1.807) is 17.8 Å². The minimum Gasteiger partial charge on any atom is -0.270 e. The van der Waals surface area contributed by atoms with Gasteiger partial charge in [0.15, 0.2) is 5.69 Å². The van der Waals surface area contributed by atoms with E-state index in [1.807, 2.05) is 0 Å². The van der Waals surface area contributed by atoms with E-state index in [9.17, 15) is 9.18 Å². The van der Waals surface area contributed by atoms with E-state index in [0.29, 0.717) is 10.9 Å². The number of hydroxylamine groups is 1. The van der Waals surface area contributed by atoms with Gasteiger partial charge in [0.1, 0.15) is 5.82 Å². The van der Waals surface area contributed by atoms with Crippen molar-refractivity contribution < 1.29 is 14.0 Å². The van der Waals surface area contributed by atoms with Crippen molar-refractivity contribution in [1.82, 2.24) is 15.3 Å². The molecule has 1 saturated carbocycles. The van der Waals surface area contributed by atoms with Crippen molar-refractivity contribution in [3.8, 4) is 0 Å². The Hall–Kier alpha value is -1.95. The molecule has 1 N–H and O–H groups in total. The lowest BCUT2D eigenvalue weighted by Gasteiger charge is -2.24. The van der Waals surface area contributed by atoms with Crippen LogP contribution in [0.1, 0.15) is 29.8 Å². The molecule has 1 fully saturated rings. The molecule has 0 saturated heterocycles. The van der Waals surface area contributed by atoms with E-state index in [2.05, 4.69) is 10.6 Å². The van der Waals surface area contributed by atoms with Crippen molar-refractivity contribution in [2.75, 3.05) is 0 Å². The van der Waals surface area contributed by atoms with Gasteiger partial charge in [-0.05, 0) is 37.5 Å². The second-order valence-corrected chi connectivity index (χ2v) is 4.74. The van der Waals surface area contributed by atoms with Crippen LogP contribution in [0.3, 0.4) is 0 Å². The normalized spacial score (nSPS) is 15.5. The van der Waals surface area contributed by atoms with Gasteiger partial charge in [0, 0.05) is 12.4 Å². The zero-order valence-electron chi connectivity index (χ0n) is 10.5. The maximum Gasteiger partial charge on any atom is 0.295 e. The Labute approximate surface area is 109 Å². The molecule has 1 aliphatic rings. The molecule has 1 aromatic carbocycles. The summed E-state index contributed by atoms with van der Waals surface area (Å²) in [6.45, 7) is 0. The summed E-state index contributed by atoms with van der Waals surface area (Å²) < 4.78 is 14.8. The lowest BCUT2D eigenvalue weighted by molar-refractivity contribution is -0.0509. The molecule has 1 heterocycles. The topological polar surface area (TPSA) is 56.2 Å². The van der Waals surface area contributed by atoms with Gasteiger partial charge >= 0.3 is 0 Å². The first-order chi connectivity index (χ1) is 9.15. The predicted octanol–water partition coefficient (Wildman–Crippen LogP) is 1.93. The van der Waals surface area contributed by atoms with Gasteiger partial charge in [-0.15, -0.1) is 0 Å². The molecule has 0 aliphatic heterocycles. The number of fused-ring (bicyclic) bond motifs is 1. The Morgan fingerprint density at radius 2 is 2.32 bits per heavy atom. The minimum absolute atomic E-state index is 0.0932. The van der Waals surface area contributed by atoms with E-state index in [-0.39, 0.29) is 11.8 Å². The number of nitrogens with zero attached hydrogens (tertiary/aromatic N) is 2. The first-order valence-electron chi connectivity index (χ1n) is 6.23. The highest BCUT2D eigenvalue weighted by molar-refractivity contribution is 6.04. The number of amides is 1. The quantitative estimate of drug-likeness (QED) is 0.861. The summed E-state index contributed by atoms with van der Waals surface area (Å²) in [6.07, 6.45) is 3.13. The summed E-state index contributed by atoms with van der Waals surface area (Å²) in [7, 11) is 1.71. The zero-order valence-corrected chi connectivity index (χ0v) is 10.5. The standard InChI is InChI=1S/C13H14FN3O2/c1-17-11-6-5-8(14)7-10(11)12(15-17)13(18)16-19-9-3-2-4-9/h5-7,9H,2-4H2,1H3,(H,16,18). The average molecular weight is 263 g/mol. The van der Waals surface area contributed by atoms with Crippen molar-refractivity contribution >= 4 is 16.8 Å². The Balaban J connectivity index is 1.86. The van der Waals surface area contributed by atoms with E-state index in [4.69, 9.17) is 4.84 Å². The molecule has 0 spiro atoms. The van der Waals surface area contributed by atoms with Gasteiger partial charge in [-0.3, -0.25) is 14.3 Å². The van der Waals surface area contributed by atoms with Crippen LogP contribution in [0.4, 0.5) is 4.39 Å². The second kappa shape index (κ2) is 4.62. The van der Waals surface area contributed by atoms with Gasteiger partial charge < -0.3 is 0 Å². The van der Waals surface area contributed by atoms with Crippen molar-refractivity contribution in [1.29, 1.82) is 0 Å². The summed E-state index contributed by atoms with van der Waals surface area (Å²) in [4.78, 5) is 17.2. The summed E-state index contributed by atoms with van der Waals surface area (Å²) in [6, 6.07) is 4.25. The molecule has 100 valence electrons. The van der Waals surface area contributed by atoms with Crippen LogP contribution in [0, 0.1) is 5.82 Å². The number of carbonyl (C=O) groups is 1. The van der Waals surface area contributed by atoms with Crippen LogP contribution in [0.2, 0.25) is 0 Å². The van der Waals surface area contributed by atoms with Crippen molar-refractivity contribution in [3.05, 3.63) is 29.7 Å². The molecule has 19 heavy (non-hydrogen) atoms. The monoisotopic (exact) mass is 263 g/mol. The lowest BCUT2D eigenvalue weighted by atomic mass is 9.97. The van der Waals surface area contributed by atoms with Gasteiger partial charge in [-0.25, -0.2) is 9.87 Å².